The van der Waals surface area contributed by atoms with Gasteiger partial charge in [-0.1, -0.05) is 23.4 Å². The van der Waals surface area contributed by atoms with Crippen LogP contribution in [0.25, 0.3) is 5.57 Å². The molecular weight excluding hydrogens is 441 g/mol. The zero-order chi connectivity index (χ0) is 23.4. The minimum absolute atomic E-state index is 0.0652. The highest BCUT2D eigenvalue weighted by molar-refractivity contribution is 6.39. The van der Waals surface area contributed by atoms with Crippen molar-refractivity contribution < 1.29 is 23.9 Å². The van der Waals surface area contributed by atoms with E-state index in [0.29, 0.717) is 53.2 Å². The lowest BCUT2D eigenvalue weighted by Crippen LogP contribution is -2.35. The van der Waals surface area contributed by atoms with Crippen molar-refractivity contribution >= 4 is 34.7 Å². The van der Waals surface area contributed by atoms with Gasteiger partial charge < -0.3 is 25.9 Å². The molecule has 0 aromatic heterocycles. The lowest BCUT2D eigenvalue weighted by atomic mass is 10.0. The van der Waals surface area contributed by atoms with Crippen molar-refractivity contribution in [1.82, 2.24) is 10.2 Å². The molecular formula is C24H22FN5O4. The summed E-state index contributed by atoms with van der Waals surface area (Å²) in [6.07, 6.45) is -0.971. The highest BCUT2D eigenvalue weighted by atomic mass is 19.1. The smallest absolute Gasteiger partial charge is 0.404 e. The van der Waals surface area contributed by atoms with E-state index >= 15 is 0 Å². The summed E-state index contributed by atoms with van der Waals surface area (Å²) in [5.41, 5.74) is 3.92. The number of anilines is 2. The molecule has 10 heteroatoms. The van der Waals surface area contributed by atoms with E-state index < -0.39 is 11.9 Å². The highest BCUT2D eigenvalue weighted by Gasteiger charge is 2.56. The van der Waals surface area contributed by atoms with Crippen LogP contribution in [-0.4, -0.2) is 60.0 Å². The average molecular weight is 463 g/mol. The molecule has 0 bridgehead atoms. The number of rotatable bonds is 5. The number of para-hydroxylation sites is 1. The fourth-order valence-electron chi connectivity index (χ4n) is 5.22. The second-order valence-electron chi connectivity index (χ2n) is 8.90. The van der Waals surface area contributed by atoms with Crippen LogP contribution in [0, 0.1) is 17.7 Å². The number of carboxylic acid groups (broad SMARTS) is 1. The average Bonchev–Trinajstić information content (AvgIpc) is 3.16. The molecule has 6 rings (SSSR count). The number of hydrogen-bond acceptors (Lipinski definition) is 6. The van der Waals surface area contributed by atoms with Crippen LogP contribution in [0.1, 0.15) is 11.1 Å². The fraction of sp³-hybridized carbons (Fsp3) is 0.292. The molecule has 174 valence electrons. The van der Waals surface area contributed by atoms with Crippen molar-refractivity contribution in [2.75, 3.05) is 36.9 Å². The van der Waals surface area contributed by atoms with Gasteiger partial charge in [0.05, 0.1) is 11.3 Å². The van der Waals surface area contributed by atoms with Crippen LogP contribution in [0.2, 0.25) is 0 Å². The van der Waals surface area contributed by atoms with Crippen molar-refractivity contribution in [1.29, 1.82) is 0 Å². The number of piperidine rings is 1. The molecule has 3 aliphatic heterocycles. The SMILES string of the molecule is O=C(O)N[C@@H]1[C@@H]2CN(CCO/N=C3/C(=C4/C(=O)Nc5ccc(F)cc54)Nc4ccccc43)C[C@@H]21. The molecule has 0 radical (unpaired) electrons. The van der Waals surface area contributed by atoms with Gasteiger partial charge >= 0.3 is 6.09 Å². The first-order valence-electron chi connectivity index (χ1n) is 11.1. The Morgan fingerprint density at radius 3 is 2.71 bits per heavy atom. The molecule has 0 spiro atoms. The van der Waals surface area contributed by atoms with Gasteiger partial charge in [-0.05, 0) is 36.1 Å². The molecule has 1 saturated carbocycles. The first-order chi connectivity index (χ1) is 16.5. The van der Waals surface area contributed by atoms with Crippen molar-refractivity contribution in [2.24, 2.45) is 17.0 Å². The quantitative estimate of drug-likeness (QED) is 0.308. The first-order valence-corrected chi connectivity index (χ1v) is 11.1. The van der Waals surface area contributed by atoms with Crippen LogP contribution in [0.15, 0.2) is 53.3 Å². The van der Waals surface area contributed by atoms with Gasteiger partial charge in [-0.2, -0.15) is 0 Å². The summed E-state index contributed by atoms with van der Waals surface area (Å²) < 4.78 is 13.9. The topological polar surface area (TPSA) is 115 Å². The standard InChI is InChI=1S/C24H22FN5O4/c25-12-5-6-18-14(9-12)19(23(31)27-18)22-21(13-3-1-2-4-17(13)26-22)29-34-8-7-30-10-15-16(11-30)20(15)28-24(32)33/h1-6,9,15-16,20,26,28H,7-8,10-11H2,(H,27,31)(H,32,33)/b22-19-,29-21+/t15-,16+,20-. The van der Waals surface area contributed by atoms with E-state index in [-0.39, 0.29) is 11.9 Å². The summed E-state index contributed by atoms with van der Waals surface area (Å²) in [5, 5.41) is 21.8. The predicted octanol–water partition coefficient (Wildman–Crippen LogP) is 2.53. The van der Waals surface area contributed by atoms with Gasteiger partial charge in [0.2, 0.25) is 0 Å². The Morgan fingerprint density at radius 1 is 1.15 bits per heavy atom. The van der Waals surface area contributed by atoms with Crippen LogP contribution in [-0.2, 0) is 9.63 Å². The number of nitrogens with zero attached hydrogens (tertiary/aromatic N) is 2. The van der Waals surface area contributed by atoms with Gasteiger partial charge in [-0.15, -0.1) is 0 Å². The number of fused-ring (bicyclic) bond motifs is 3. The molecule has 9 nitrogen and oxygen atoms in total. The van der Waals surface area contributed by atoms with Crippen LogP contribution in [0.4, 0.5) is 20.6 Å². The Hall–Kier alpha value is -3.92. The first kappa shape index (κ1) is 20.7. The molecule has 1 aliphatic carbocycles. The fourth-order valence-corrected chi connectivity index (χ4v) is 5.22. The number of hydrogen-bond donors (Lipinski definition) is 4. The third-order valence-corrected chi connectivity index (χ3v) is 6.87. The number of benzene rings is 2. The maximum atomic E-state index is 13.9. The second-order valence-corrected chi connectivity index (χ2v) is 8.90. The van der Waals surface area contributed by atoms with E-state index in [2.05, 4.69) is 26.0 Å². The van der Waals surface area contributed by atoms with Gasteiger partial charge in [-0.3, -0.25) is 9.69 Å². The third-order valence-electron chi connectivity index (χ3n) is 6.87. The summed E-state index contributed by atoms with van der Waals surface area (Å²) in [6.45, 7) is 2.68. The summed E-state index contributed by atoms with van der Waals surface area (Å²) >= 11 is 0. The summed E-state index contributed by atoms with van der Waals surface area (Å²) in [5.74, 6) is -0.0236. The Bertz CT molecular complexity index is 1260. The zero-order valence-corrected chi connectivity index (χ0v) is 18.0. The second kappa shape index (κ2) is 7.84. The number of amides is 2. The molecule has 2 amide bonds. The van der Waals surface area contributed by atoms with E-state index in [9.17, 15) is 14.0 Å². The molecule has 0 unspecified atom stereocenters. The van der Waals surface area contributed by atoms with Gasteiger partial charge in [0.15, 0.2) is 0 Å². The summed E-state index contributed by atoms with van der Waals surface area (Å²) in [7, 11) is 0. The minimum atomic E-state index is -0.971. The normalized spacial score (nSPS) is 27.6. The number of nitrogens with one attached hydrogen (secondary N) is 3. The Labute approximate surface area is 194 Å². The number of likely N-dealkylation sites (tertiary alicyclic amines) is 1. The molecule has 34 heavy (non-hydrogen) atoms. The largest absolute Gasteiger partial charge is 0.465 e. The third kappa shape index (κ3) is 3.47. The van der Waals surface area contributed by atoms with Gasteiger partial charge in [0.1, 0.15) is 18.1 Å². The van der Waals surface area contributed by atoms with Crippen molar-refractivity contribution in [3.63, 3.8) is 0 Å². The molecule has 4 aliphatic rings. The number of allylic oxidation sites excluding steroid dienone is 1. The predicted molar refractivity (Wildman–Crippen MR) is 123 cm³/mol. The van der Waals surface area contributed by atoms with E-state index in [0.717, 1.165) is 24.3 Å². The van der Waals surface area contributed by atoms with E-state index in [4.69, 9.17) is 9.94 Å². The number of halogens is 1. The van der Waals surface area contributed by atoms with Crippen molar-refractivity contribution in [3.8, 4) is 0 Å². The van der Waals surface area contributed by atoms with Crippen LogP contribution in [0.3, 0.4) is 0 Å². The van der Waals surface area contributed by atoms with Gasteiger partial charge in [0.25, 0.3) is 5.91 Å². The van der Waals surface area contributed by atoms with Gasteiger partial charge in [0, 0.05) is 48.2 Å². The Balaban J connectivity index is 1.19. The Kier molecular flexibility index (Phi) is 4.77. The lowest BCUT2D eigenvalue weighted by Gasteiger charge is -2.18. The molecule has 3 atom stereocenters. The van der Waals surface area contributed by atoms with Crippen molar-refractivity contribution in [3.05, 3.63) is 65.1 Å². The van der Waals surface area contributed by atoms with Crippen LogP contribution < -0.4 is 16.0 Å². The lowest BCUT2D eigenvalue weighted by molar-refractivity contribution is -0.110. The zero-order valence-electron chi connectivity index (χ0n) is 18.0. The maximum Gasteiger partial charge on any atom is 0.404 e. The van der Waals surface area contributed by atoms with E-state index in [1.165, 1.54) is 12.1 Å². The Morgan fingerprint density at radius 2 is 1.91 bits per heavy atom. The summed E-state index contributed by atoms with van der Waals surface area (Å²) in [4.78, 5) is 31.5. The number of carbonyl (C=O) groups excluding carboxylic acids is 1. The molecule has 4 N–H and O–H groups in total. The monoisotopic (exact) mass is 463 g/mol. The molecule has 1 saturated heterocycles. The van der Waals surface area contributed by atoms with Crippen LogP contribution >= 0.6 is 0 Å². The number of carbonyl (C=O) groups is 2. The van der Waals surface area contributed by atoms with Gasteiger partial charge in [-0.25, -0.2) is 9.18 Å². The highest BCUT2D eigenvalue weighted by Crippen LogP contribution is 2.45. The number of oxime groups is 1. The molecule has 2 fully saturated rings. The van der Waals surface area contributed by atoms with Crippen molar-refractivity contribution in [2.45, 2.75) is 6.04 Å². The van der Waals surface area contributed by atoms with E-state index in [1.807, 2.05) is 24.3 Å². The molecule has 2 aromatic carbocycles. The molecule has 2 aromatic rings. The molecule has 3 heterocycles. The maximum absolute atomic E-state index is 13.9. The minimum Gasteiger partial charge on any atom is -0.465 e. The summed E-state index contributed by atoms with van der Waals surface area (Å²) in [6, 6.07) is 11.8. The van der Waals surface area contributed by atoms with E-state index in [1.54, 1.807) is 6.07 Å². The van der Waals surface area contributed by atoms with Crippen LogP contribution in [0.5, 0.6) is 0 Å².